The molecule has 0 aliphatic heterocycles. The highest BCUT2D eigenvalue weighted by Gasteiger charge is 2.28. The summed E-state index contributed by atoms with van der Waals surface area (Å²) in [5, 5.41) is 43.9. The first kappa shape index (κ1) is 64.3. The molecule has 66 heavy (non-hydrogen) atoms. The van der Waals surface area contributed by atoms with Crippen molar-refractivity contribution < 1.29 is 25.2 Å². The zero-order valence-electron chi connectivity index (χ0n) is 43.9. The fourth-order valence-corrected chi connectivity index (χ4v) is 8.90. The lowest BCUT2D eigenvalue weighted by Gasteiger charge is -2.27. The molecule has 1 amide bonds. The molecule has 0 heterocycles. The van der Waals surface area contributed by atoms with Gasteiger partial charge in [0.1, 0.15) is 12.2 Å². The standard InChI is InChI=1S/C60H113NO5/c1-3-5-7-9-11-13-15-17-19-21-23-24-25-26-27-28-29-30-31-32-33-34-35-36-38-40-42-44-46-48-50-52-54-58(64)60(66)61-56(55-62)59(65)57(63)53-51-49-47-45-43-41-39-37-22-20-18-16-14-12-10-8-6-4-2/h16,18,26-27,37,39,45,47,56-59,62-65H,3-15,17,19-25,28-36,38,40-44,46,48-55H2,1-2H3,(H,61,66)/b18-16+,27-26-,39-37+,47-45+. The van der Waals surface area contributed by atoms with E-state index in [0.29, 0.717) is 19.3 Å². The van der Waals surface area contributed by atoms with Gasteiger partial charge in [0, 0.05) is 0 Å². The molecule has 0 aromatic carbocycles. The van der Waals surface area contributed by atoms with Crippen LogP contribution in [0.15, 0.2) is 48.6 Å². The minimum Gasteiger partial charge on any atom is -0.394 e. The molecular formula is C60H113NO5. The highest BCUT2D eigenvalue weighted by Crippen LogP contribution is 2.17. The molecule has 4 unspecified atom stereocenters. The lowest BCUT2D eigenvalue weighted by molar-refractivity contribution is -0.132. The van der Waals surface area contributed by atoms with Gasteiger partial charge >= 0.3 is 0 Å². The molecule has 388 valence electrons. The maximum atomic E-state index is 12.6. The first-order valence-corrected chi connectivity index (χ1v) is 29.0. The molecule has 0 aliphatic carbocycles. The summed E-state index contributed by atoms with van der Waals surface area (Å²) >= 11 is 0. The van der Waals surface area contributed by atoms with Crippen LogP contribution in [-0.2, 0) is 4.79 Å². The number of hydrogen-bond donors (Lipinski definition) is 5. The number of amides is 1. The number of rotatable bonds is 53. The number of unbranched alkanes of at least 4 members (excludes halogenated alkanes) is 36. The normalized spacial score (nSPS) is 14.1. The third-order valence-corrected chi connectivity index (χ3v) is 13.5. The molecule has 0 rings (SSSR count). The van der Waals surface area contributed by atoms with Crippen molar-refractivity contribution in [3.8, 4) is 0 Å². The van der Waals surface area contributed by atoms with Crippen LogP contribution in [-0.4, -0.2) is 57.3 Å². The van der Waals surface area contributed by atoms with Gasteiger partial charge in [-0.05, 0) is 89.9 Å². The number of aliphatic hydroxyl groups is 4. The van der Waals surface area contributed by atoms with Gasteiger partial charge in [-0.15, -0.1) is 0 Å². The lowest BCUT2D eigenvalue weighted by atomic mass is 10.00. The third kappa shape index (κ3) is 47.3. The van der Waals surface area contributed by atoms with Gasteiger partial charge < -0.3 is 25.7 Å². The molecular weight excluding hydrogens is 815 g/mol. The Labute approximate surface area is 410 Å². The fraction of sp³-hybridized carbons (Fsp3) is 0.850. The number of carbonyl (C=O) groups is 1. The molecule has 0 aromatic rings. The summed E-state index contributed by atoms with van der Waals surface area (Å²) in [6, 6.07) is -1.01. The van der Waals surface area contributed by atoms with E-state index in [2.05, 4.69) is 67.8 Å². The maximum Gasteiger partial charge on any atom is 0.249 e. The topological polar surface area (TPSA) is 110 Å². The largest absolute Gasteiger partial charge is 0.394 e. The second kappa shape index (κ2) is 54.2. The summed E-state index contributed by atoms with van der Waals surface area (Å²) in [5.41, 5.74) is 0. The van der Waals surface area contributed by atoms with Crippen molar-refractivity contribution in [3.63, 3.8) is 0 Å². The lowest BCUT2D eigenvalue weighted by Crippen LogP contribution is -2.53. The number of hydrogen-bond acceptors (Lipinski definition) is 5. The van der Waals surface area contributed by atoms with Crippen LogP contribution in [0.3, 0.4) is 0 Å². The maximum absolute atomic E-state index is 12.6. The SMILES string of the molecule is CCCCCCC/C=C/CC/C=C/CC/C=C/CCCC(O)C(O)C(CO)NC(=O)C(O)CCCCCCCCCCCCCCCCCC/C=C\CCCCCCCCCCCCCC. The van der Waals surface area contributed by atoms with E-state index in [0.717, 1.165) is 51.4 Å². The molecule has 0 aromatic heterocycles. The van der Waals surface area contributed by atoms with E-state index in [1.165, 1.54) is 212 Å². The van der Waals surface area contributed by atoms with Crippen LogP contribution in [0.25, 0.3) is 0 Å². The van der Waals surface area contributed by atoms with E-state index < -0.39 is 36.9 Å². The van der Waals surface area contributed by atoms with Gasteiger partial charge in [0.25, 0.3) is 0 Å². The zero-order valence-corrected chi connectivity index (χ0v) is 43.9. The molecule has 0 bridgehead atoms. The van der Waals surface area contributed by atoms with Crippen LogP contribution in [0.1, 0.15) is 296 Å². The second-order valence-electron chi connectivity index (χ2n) is 20.0. The van der Waals surface area contributed by atoms with Crippen molar-refractivity contribution in [1.82, 2.24) is 5.32 Å². The highest BCUT2D eigenvalue weighted by molar-refractivity contribution is 5.80. The van der Waals surface area contributed by atoms with E-state index in [-0.39, 0.29) is 0 Å². The van der Waals surface area contributed by atoms with E-state index in [1.54, 1.807) is 0 Å². The Morgan fingerprint density at radius 3 is 0.955 bits per heavy atom. The monoisotopic (exact) mass is 928 g/mol. The molecule has 4 atom stereocenters. The summed E-state index contributed by atoms with van der Waals surface area (Å²) < 4.78 is 0. The van der Waals surface area contributed by atoms with Crippen LogP contribution in [0.2, 0.25) is 0 Å². The summed E-state index contributed by atoms with van der Waals surface area (Å²) in [7, 11) is 0. The van der Waals surface area contributed by atoms with Crippen molar-refractivity contribution >= 4 is 5.91 Å². The summed E-state index contributed by atoms with van der Waals surface area (Å²) in [6.45, 7) is 4.05. The van der Waals surface area contributed by atoms with Crippen molar-refractivity contribution in [2.45, 2.75) is 321 Å². The Bertz CT molecular complexity index is 1090. The molecule has 0 saturated heterocycles. The average molecular weight is 929 g/mol. The van der Waals surface area contributed by atoms with Crippen molar-refractivity contribution in [2.24, 2.45) is 0 Å². The predicted molar refractivity (Wildman–Crippen MR) is 288 cm³/mol. The van der Waals surface area contributed by atoms with Gasteiger partial charge in [0.05, 0.1) is 18.8 Å². The van der Waals surface area contributed by atoms with Crippen LogP contribution in [0, 0.1) is 0 Å². The van der Waals surface area contributed by atoms with Gasteiger partial charge in [0.15, 0.2) is 0 Å². The molecule has 6 heteroatoms. The minimum atomic E-state index is -1.29. The number of aliphatic hydroxyl groups excluding tert-OH is 4. The molecule has 5 N–H and O–H groups in total. The predicted octanol–water partition coefficient (Wildman–Crippen LogP) is 17.0. The van der Waals surface area contributed by atoms with Crippen molar-refractivity contribution in [2.75, 3.05) is 6.61 Å². The Morgan fingerprint density at radius 2 is 0.636 bits per heavy atom. The van der Waals surface area contributed by atoms with Gasteiger partial charge in [-0.3, -0.25) is 4.79 Å². The van der Waals surface area contributed by atoms with Gasteiger partial charge in [0.2, 0.25) is 5.91 Å². The fourth-order valence-electron chi connectivity index (χ4n) is 8.90. The highest BCUT2D eigenvalue weighted by atomic mass is 16.3. The van der Waals surface area contributed by atoms with Crippen molar-refractivity contribution in [1.29, 1.82) is 0 Å². The molecule has 0 spiro atoms. The van der Waals surface area contributed by atoms with E-state index in [9.17, 15) is 25.2 Å². The quantitative estimate of drug-likeness (QED) is 0.0308. The summed E-state index contributed by atoms with van der Waals surface area (Å²) in [6.07, 6.45) is 69.1. The zero-order chi connectivity index (χ0) is 48.1. The number of carbonyl (C=O) groups excluding carboxylic acids is 1. The molecule has 6 nitrogen and oxygen atoms in total. The van der Waals surface area contributed by atoms with Gasteiger partial charge in [-0.25, -0.2) is 0 Å². The minimum absolute atomic E-state index is 0.359. The first-order valence-electron chi connectivity index (χ1n) is 29.0. The Hall–Kier alpha value is -1.73. The summed E-state index contributed by atoms with van der Waals surface area (Å²) in [5.74, 6) is -0.597. The molecule has 0 aliphatic rings. The third-order valence-electron chi connectivity index (χ3n) is 13.5. The molecule has 0 fully saturated rings. The van der Waals surface area contributed by atoms with Crippen molar-refractivity contribution in [3.05, 3.63) is 48.6 Å². The van der Waals surface area contributed by atoms with Gasteiger partial charge in [-0.1, -0.05) is 255 Å². The van der Waals surface area contributed by atoms with Crippen LogP contribution in [0.5, 0.6) is 0 Å². The average Bonchev–Trinajstić information content (AvgIpc) is 3.32. The van der Waals surface area contributed by atoms with E-state index in [4.69, 9.17) is 0 Å². The first-order chi connectivity index (χ1) is 32.5. The summed E-state index contributed by atoms with van der Waals surface area (Å²) in [4.78, 5) is 12.6. The molecule has 0 radical (unpaired) electrons. The van der Waals surface area contributed by atoms with Crippen LogP contribution >= 0.6 is 0 Å². The Kier molecular flexibility index (Phi) is 52.8. The number of allylic oxidation sites excluding steroid dienone is 8. The molecule has 0 saturated carbocycles. The smallest absolute Gasteiger partial charge is 0.249 e. The van der Waals surface area contributed by atoms with Crippen LogP contribution in [0.4, 0.5) is 0 Å². The Morgan fingerprint density at radius 1 is 0.364 bits per heavy atom. The number of nitrogens with one attached hydrogen (secondary N) is 1. The second-order valence-corrected chi connectivity index (χ2v) is 20.0. The Balaban J connectivity index is 3.63. The van der Waals surface area contributed by atoms with E-state index in [1.807, 2.05) is 0 Å². The van der Waals surface area contributed by atoms with Crippen LogP contribution < -0.4 is 5.32 Å². The van der Waals surface area contributed by atoms with Gasteiger partial charge in [-0.2, -0.15) is 0 Å². The van der Waals surface area contributed by atoms with E-state index >= 15 is 0 Å².